The first kappa shape index (κ1) is 17.2. The second kappa shape index (κ2) is 6.72. The van der Waals surface area contributed by atoms with Crippen LogP contribution in [0.4, 0.5) is 0 Å². The Hall–Kier alpha value is -1.60. The normalized spacial score (nSPS) is 24.0. The number of carbonyl (C=O) groups excluding carboxylic acids is 1. The molecule has 0 bridgehead atoms. The Balaban J connectivity index is 2.03. The van der Waals surface area contributed by atoms with Gasteiger partial charge in [0.1, 0.15) is 4.75 Å². The molecular formula is C17H20N2O3S2. The molecule has 1 amide bonds. The van der Waals surface area contributed by atoms with Crippen molar-refractivity contribution in [3.8, 4) is 0 Å². The average molecular weight is 364 g/mol. The highest BCUT2D eigenvalue weighted by atomic mass is 32.2. The lowest BCUT2D eigenvalue weighted by molar-refractivity contribution is -0.149. The highest BCUT2D eigenvalue weighted by molar-refractivity contribution is 8.03. The van der Waals surface area contributed by atoms with Crippen LogP contribution in [0.15, 0.2) is 28.6 Å². The first-order chi connectivity index (χ1) is 11.4. The van der Waals surface area contributed by atoms with Crippen molar-refractivity contribution in [3.05, 3.63) is 24.3 Å². The number of para-hydroxylation sites is 1. The number of nitrogens with zero attached hydrogens (tertiary/aromatic N) is 2. The van der Waals surface area contributed by atoms with Gasteiger partial charge >= 0.3 is 5.97 Å². The Morgan fingerprint density at radius 3 is 2.75 bits per heavy atom. The van der Waals surface area contributed by atoms with E-state index in [-0.39, 0.29) is 5.91 Å². The number of fused-ring (bicyclic) bond motifs is 1. The van der Waals surface area contributed by atoms with Crippen LogP contribution < -0.4 is 0 Å². The van der Waals surface area contributed by atoms with E-state index in [2.05, 4.69) is 4.98 Å². The molecule has 0 radical (unpaired) electrons. The molecule has 1 heterocycles. The van der Waals surface area contributed by atoms with E-state index in [9.17, 15) is 14.7 Å². The fourth-order valence-electron chi connectivity index (χ4n) is 3.32. The maximum absolute atomic E-state index is 13.0. The van der Waals surface area contributed by atoms with Gasteiger partial charge in [0.05, 0.1) is 16.1 Å². The third kappa shape index (κ3) is 3.02. The first-order valence-corrected chi connectivity index (χ1v) is 9.56. The van der Waals surface area contributed by atoms with Crippen LogP contribution in [0.1, 0.15) is 25.7 Å². The number of carboxylic acids is 1. The predicted molar refractivity (Wildman–Crippen MR) is 96.5 cm³/mol. The molecule has 1 aliphatic carbocycles. The minimum Gasteiger partial charge on any atom is -0.481 e. The molecular weight excluding hydrogens is 344 g/mol. The summed E-state index contributed by atoms with van der Waals surface area (Å²) in [4.78, 5) is 31.0. The maximum Gasteiger partial charge on any atom is 0.308 e. The smallest absolute Gasteiger partial charge is 0.308 e. The highest BCUT2D eigenvalue weighted by Crippen LogP contribution is 2.50. The summed E-state index contributed by atoms with van der Waals surface area (Å²) in [6, 6.07) is 7.81. The predicted octanol–water partition coefficient (Wildman–Crippen LogP) is 3.49. The Bertz CT molecular complexity index is 741. The van der Waals surface area contributed by atoms with E-state index < -0.39 is 16.6 Å². The number of hydrogen-bond acceptors (Lipinski definition) is 5. The van der Waals surface area contributed by atoms with Crippen molar-refractivity contribution in [3.63, 3.8) is 0 Å². The molecule has 1 N–H and O–H groups in total. The lowest BCUT2D eigenvalue weighted by Crippen LogP contribution is -2.53. The van der Waals surface area contributed by atoms with Crippen LogP contribution in [-0.2, 0) is 9.59 Å². The van der Waals surface area contributed by atoms with Crippen LogP contribution in [0.2, 0.25) is 0 Å². The molecule has 1 fully saturated rings. The monoisotopic (exact) mass is 364 g/mol. The maximum atomic E-state index is 13.0. The number of thioether (sulfide) groups is 1. The van der Waals surface area contributed by atoms with Crippen LogP contribution in [-0.4, -0.2) is 45.7 Å². The molecule has 0 spiro atoms. The highest BCUT2D eigenvalue weighted by Gasteiger charge is 2.52. The first-order valence-electron chi connectivity index (χ1n) is 7.93. The third-order valence-electron chi connectivity index (χ3n) is 4.46. The lowest BCUT2D eigenvalue weighted by Gasteiger charge is -2.40. The number of rotatable bonds is 4. The van der Waals surface area contributed by atoms with Gasteiger partial charge in [-0.1, -0.05) is 36.7 Å². The minimum absolute atomic E-state index is 0.126. The van der Waals surface area contributed by atoms with Gasteiger partial charge in [-0.05, 0) is 25.0 Å². The molecule has 1 aromatic carbocycles. The zero-order chi connectivity index (χ0) is 17.3. The van der Waals surface area contributed by atoms with Gasteiger partial charge in [-0.2, -0.15) is 0 Å². The van der Waals surface area contributed by atoms with Gasteiger partial charge in [0.15, 0.2) is 4.34 Å². The number of aliphatic carboxylic acids is 1. The second-order valence-electron chi connectivity index (χ2n) is 6.28. The summed E-state index contributed by atoms with van der Waals surface area (Å²) < 4.78 is 0.844. The minimum atomic E-state index is -0.971. The molecule has 2 unspecified atom stereocenters. The number of aromatic nitrogens is 1. The Labute approximate surface area is 149 Å². The van der Waals surface area contributed by atoms with E-state index in [1.807, 2.05) is 24.3 Å². The number of carboxylic acid groups (broad SMARTS) is 1. The molecule has 0 saturated heterocycles. The fraction of sp³-hybridized carbons (Fsp3) is 0.471. The summed E-state index contributed by atoms with van der Waals surface area (Å²) in [7, 11) is 3.38. The molecule has 1 aliphatic rings. The number of thiazole rings is 1. The summed E-state index contributed by atoms with van der Waals surface area (Å²) >= 11 is 2.87. The summed E-state index contributed by atoms with van der Waals surface area (Å²) in [5, 5.41) is 9.72. The SMILES string of the molecule is CN(C)C(=O)C1(Sc2nc3ccccc3s2)CCCCC1C(=O)O. The zero-order valence-corrected chi connectivity index (χ0v) is 15.3. The Kier molecular flexibility index (Phi) is 4.83. The Morgan fingerprint density at radius 1 is 1.33 bits per heavy atom. The van der Waals surface area contributed by atoms with Gasteiger partial charge in [-0.25, -0.2) is 4.98 Å². The Morgan fingerprint density at radius 2 is 2.08 bits per heavy atom. The molecule has 3 rings (SSSR count). The second-order valence-corrected chi connectivity index (χ2v) is 8.88. The third-order valence-corrected chi connectivity index (χ3v) is 7.09. The van der Waals surface area contributed by atoms with Gasteiger partial charge in [0.25, 0.3) is 0 Å². The van der Waals surface area contributed by atoms with Crippen LogP contribution in [0.25, 0.3) is 10.2 Å². The van der Waals surface area contributed by atoms with Crippen LogP contribution in [0.3, 0.4) is 0 Å². The van der Waals surface area contributed by atoms with Crippen molar-refractivity contribution in [2.75, 3.05) is 14.1 Å². The van der Waals surface area contributed by atoms with E-state index >= 15 is 0 Å². The summed E-state index contributed by atoms with van der Waals surface area (Å²) in [6.45, 7) is 0. The van der Waals surface area contributed by atoms with E-state index in [1.165, 1.54) is 28.0 Å². The van der Waals surface area contributed by atoms with Crippen molar-refractivity contribution in [2.24, 2.45) is 5.92 Å². The summed E-state index contributed by atoms with van der Waals surface area (Å²) in [5.74, 6) is -1.70. The van der Waals surface area contributed by atoms with Crippen LogP contribution in [0.5, 0.6) is 0 Å². The molecule has 2 aromatic rings. The topological polar surface area (TPSA) is 70.5 Å². The van der Waals surface area contributed by atoms with Crippen molar-refractivity contribution in [2.45, 2.75) is 34.8 Å². The van der Waals surface area contributed by atoms with E-state index in [0.717, 1.165) is 27.4 Å². The molecule has 1 aromatic heterocycles. The van der Waals surface area contributed by atoms with Crippen molar-refractivity contribution in [1.82, 2.24) is 9.88 Å². The van der Waals surface area contributed by atoms with Crippen LogP contribution >= 0.6 is 23.1 Å². The van der Waals surface area contributed by atoms with Gasteiger partial charge < -0.3 is 10.0 Å². The fourth-order valence-corrected chi connectivity index (χ4v) is 6.23. The van der Waals surface area contributed by atoms with Gasteiger partial charge in [0.2, 0.25) is 5.91 Å². The van der Waals surface area contributed by atoms with Crippen molar-refractivity contribution < 1.29 is 14.7 Å². The van der Waals surface area contributed by atoms with Gasteiger partial charge in [-0.3, -0.25) is 9.59 Å². The van der Waals surface area contributed by atoms with E-state index in [4.69, 9.17) is 0 Å². The quantitative estimate of drug-likeness (QED) is 0.899. The molecule has 0 aliphatic heterocycles. The molecule has 5 nitrogen and oxygen atoms in total. The lowest BCUT2D eigenvalue weighted by atomic mass is 9.77. The molecule has 2 atom stereocenters. The zero-order valence-electron chi connectivity index (χ0n) is 13.7. The molecule has 128 valence electrons. The van der Waals surface area contributed by atoms with Crippen molar-refractivity contribution in [1.29, 1.82) is 0 Å². The number of benzene rings is 1. The van der Waals surface area contributed by atoms with Crippen LogP contribution in [0, 0.1) is 5.92 Å². The molecule has 24 heavy (non-hydrogen) atoms. The number of hydrogen-bond donors (Lipinski definition) is 1. The molecule has 1 saturated carbocycles. The van der Waals surface area contributed by atoms with Crippen molar-refractivity contribution >= 4 is 45.2 Å². The van der Waals surface area contributed by atoms with E-state index in [1.54, 1.807) is 14.1 Å². The van der Waals surface area contributed by atoms with E-state index in [0.29, 0.717) is 12.8 Å². The molecule has 7 heteroatoms. The number of amides is 1. The summed E-state index contributed by atoms with van der Waals surface area (Å²) in [6.07, 6.45) is 2.81. The summed E-state index contributed by atoms with van der Waals surface area (Å²) in [5.41, 5.74) is 0.889. The average Bonchev–Trinajstić information content (AvgIpc) is 2.96. The largest absolute Gasteiger partial charge is 0.481 e. The van der Waals surface area contributed by atoms with Gasteiger partial charge in [0, 0.05) is 14.1 Å². The number of carbonyl (C=O) groups is 2. The van der Waals surface area contributed by atoms with Gasteiger partial charge in [-0.15, -0.1) is 11.3 Å². The standard InChI is InChI=1S/C17H20N2O3S2/c1-19(2)15(22)17(10-6-5-7-11(17)14(20)21)24-16-18-12-8-3-4-9-13(12)23-16/h3-4,8-9,11H,5-7,10H2,1-2H3,(H,20,21).